The van der Waals surface area contributed by atoms with E-state index in [2.05, 4.69) is 10.2 Å². The number of aromatic nitrogens is 3. The normalized spacial score (nSPS) is 11.8. The molecule has 2 heterocycles. The fourth-order valence-electron chi connectivity index (χ4n) is 2.21. The van der Waals surface area contributed by atoms with Crippen LogP contribution in [0.2, 0.25) is 0 Å². The molecule has 0 saturated heterocycles. The predicted octanol–water partition coefficient (Wildman–Crippen LogP) is 5.34. The topological polar surface area (TPSA) is 30.7 Å². The number of hydrogen-bond acceptors (Lipinski definition) is 4. The van der Waals surface area contributed by atoms with E-state index >= 15 is 0 Å². The fraction of sp³-hybridized carbons (Fsp3) is 0.250. The van der Waals surface area contributed by atoms with E-state index in [1.807, 2.05) is 29.0 Å². The van der Waals surface area contributed by atoms with Gasteiger partial charge in [0, 0.05) is 12.3 Å². The Morgan fingerprint density at radius 3 is 2.46 bits per heavy atom. The number of benzene rings is 1. The maximum absolute atomic E-state index is 12.6. The van der Waals surface area contributed by atoms with Gasteiger partial charge in [0.05, 0.1) is 10.4 Å². The Labute approximate surface area is 145 Å². The van der Waals surface area contributed by atoms with E-state index in [0.29, 0.717) is 5.75 Å². The third-order valence-electron chi connectivity index (χ3n) is 3.42. The lowest BCUT2D eigenvalue weighted by Gasteiger charge is -2.08. The Balaban J connectivity index is 1.73. The first-order valence-corrected chi connectivity index (χ1v) is 9.11. The van der Waals surface area contributed by atoms with Crippen LogP contribution in [0.4, 0.5) is 13.2 Å². The van der Waals surface area contributed by atoms with Crippen LogP contribution < -0.4 is 0 Å². The predicted molar refractivity (Wildman–Crippen MR) is 90.0 cm³/mol. The van der Waals surface area contributed by atoms with Gasteiger partial charge in [-0.15, -0.1) is 21.5 Å². The van der Waals surface area contributed by atoms with Crippen LogP contribution in [0.1, 0.15) is 18.1 Å². The summed E-state index contributed by atoms with van der Waals surface area (Å²) < 4.78 is 39.8. The fourth-order valence-corrected chi connectivity index (χ4v) is 3.88. The molecule has 24 heavy (non-hydrogen) atoms. The number of halogens is 3. The highest BCUT2D eigenvalue weighted by Gasteiger charge is 2.29. The first-order chi connectivity index (χ1) is 11.5. The van der Waals surface area contributed by atoms with Gasteiger partial charge in [-0.2, -0.15) is 13.2 Å². The van der Waals surface area contributed by atoms with Crippen LogP contribution in [0.25, 0.3) is 10.7 Å². The maximum Gasteiger partial charge on any atom is 0.416 e. The molecule has 0 amide bonds. The molecule has 0 atom stereocenters. The van der Waals surface area contributed by atoms with Crippen LogP contribution in [0.3, 0.4) is 0 Å². The molecule has 0 unspecified atom stereocenters. The molecule has 0 bridgehead atoms. The van der Waals surface area contributed by atoms with Crippen LogP contribution >= 0.6 is 23.1 Å². The second kappa shape index (κ2) is 6.98. The Bertz CT molecular complexity index is 793. The van der Waals surface area contributed by atoms with E-state index in [9.17, 15) is 13.2 Å². The summed E-state index contributed by atoms with van der Waals surface area (Å²) in [7, 11) is 0. The molecule has 0 saturated carbocycles. The first kappa shape index (κ1) is 17.0. The average Bonchev–Trinajstić information content (AvgIpc) is 3.21. The van der Waals surface area contributed by atoms with Crippen LogP contribution in [-0.2, 0) is 18.5 Å². The van der Waals surface area contributed by atoms with Gasteiger partial charge in [0.25, 0.3) is 0 Å². The van der Waals surface area contributed by atoms with Crippen molar-refractivity contribution >= 4 is 23.1 Å². The lowest BCUT2D eigenvalue weighted by atomic mass is 10.1. The Hall–Kier alpha value is -1.80. The highest BCUT2D eigenvalue weighted by molar-refractivity contribution is 7.98. The van der Waals surface area contributed by atoms with Crippen molar-refractivity contribution in [2.75, 3.05) is 0 Å². The number of alkyl halides is 3. The van der Waals surface area contributed by atoms with E-state index in [0.717, 1.165) is 40.1 Å². The SMILES string of the molecule is CCn1c(SCc2ccc(C(F)(F)F)cc2)nnc1-c1cccs1. The van der Waals surface area contributed by atoms with Crippen LogP contribution in [0, 0.1) is 0 Å². The molecule has 0 aliphatic carbocycles. The summed E-state index contributed by atoms with van der Waals surface area (Å²) in [6.45, 7) is 2.75. The Morgan fingerprint density at radius 1 is 1.12 bits per heavy atom. The van der Waals surface area contributed by atoms with Gasteiger partial charge in [0.15, 0.2) is 11.0 Å². The smallest absolute Gasteiger partial charge is 0.302 e. The standard InChI is InChI=1S/C16H14F3N3S2/c1-2-22-14(13-4-3-9-23-13)20-21-15(22)24-10-11-5-7-12(8-6-11)16(17,18)19/h3-9H,2,10H2,1H3. The number of nitrogens with zero attached hydrogens (tertiary/aromatic N) is 3. The van der Waals surface area contributed by atoms with Gasteiger partial charge in [-0.3, -0.25) is 0 Å². The molecule has 8 heteroatoms. The highest BCUT2D eigenvalue weighted by Crippen LogP contribution is 2.31. The monoisotopic (exact) mass is 369 g/mol. The average molecular weight is 369 g/mol. The summed E-state index contributed by atoms with van der Waals surface area (Å²) in [4.78, 5) is 1.05. The summed E-state index contributed by atoms with van der Waals surface area (Å²) >= 11 is 3.07. The van der Waals surface area contributed by atoms with E-state index in [1.54, 1.807) is 11.3 Å². The second-order valence-electron chi connectivity index (χ2n) is 5.01. The molecule has 126 valence electrons. The van der Waals surface area contributed by atoms with Crippen LogP contribution in [-0.4, -0.2) is 14.8 Å². The van der Waals surface area contributed by atoms with Crippen molar-refractivity contribution in [2.45, 2.75) is 30.6 Å². The molecule has 3 rings (SSSR count). The van der Waals surface area contributed by atoms with Crippen molar-refractivity contribution in [3.63, 3.8) is 0 Å². The zero-order valence-electron chi connectivity index (χ0n) is 12.7. The molecule has 0 fully saturated rings. The summed E-state index contributed by atoms with van der Waals surface area (Å²) in [6.07, 6.45) is -4.30. The lowest BCUT2D eigenvalue weighted by molar-refractivity contribution is -0.137. The molecule has 3 nitrogen and oxygen atoms in total. The van der Waals surface area contributed by atoms with Crippen molar-refractivity contribution in [1.82, 2.24) is 14.8 Å². The van der Waals surface area contributed by atoms with Gasteiger partial charge in [-0.1, -0.05) is 30.0 Å². The van der Waals surface area contributed by atoms with Crippen molar-refractivity contribution in [2.24, 2.45) is 0 Å². The molecule has 2 aromatic heterocycles. The number of thiophene rings is 1. The molecule has 0 N–H and O–H groups in total. The third kappa shape index (κ3) is 3.64. The molecule has 3 aromatic rings. The van der Waals surface area contributed by atoms with Gasteiger partial charge >= 0.3 is 6.18 Å². The molecule has 0 aliphatic heterocycles. The van der Waals surface area contributed by atoms with E-state index in [4.69, 9.17) is 0 Å². The van der Waals surface area contributed by atoms with Gasteiger partial charge in [0.1, 0.15) is 0 Å². The summed E-state index contributed by atoms with van der Waals surface area (Å²) in [5.41, 5.74) is 0.185. The largest absolute Gasteiger partial charge is 0.416 e. The summed E-state index contributed by atoms with van der Waals surface area (Å²) in [5.74, 6) is 1.36. The maximum atomic E-state index is 12.6. The van der Waals surface area contributed by atoms with Crippen LogP contribution in [0.5, 0.6) is 0 Å². The Kier molecular flexibility index (Phi) is 4.96. The Morgan fingerprint density at radius 2 is 1.88 bits per heavy atom. The van der Waals surface area contributed by atoms with E-state index < -0.39 is 11.7 Å². The van der Waals surface area contributed by atoms with Crippen molar-refractivity contribution in [1.29, 1.82) is 0 Å². The molecular weight excluding hydrogens is 355 g/mol. The quantitative estimate of drug-likeness (QED) is 0.569. The second-order valence-corrected chi connectivity index (χ2v) is 6.90. The minimum atomic E-state index is -4.30. The van der Waals surface area contributed by atoms with E-state index in [1.165, 1.54) is 23.9 Å². The zero-order chi connectivity index (χ0) is 17.2. The van der Waals surface area contributed by atoms with Gasteiger partial charge in [-0.05, 0) is 36.1 Å². The van der Waals surface area contributed by atoms with Crippen molar-refractivity contribution in [3.8, 4) is 10.7 Å². The zero-order valence-corrected chi connectivity index (χ0v) is 14.4. The first-order valence-electron chi connectivity index (χ1n) is 7.25. The van der Waals surface area contributed by atoms with Gasteiger partial charge in [-0.25, -0.2) is 0 Å². The van der Waals surface area contributed by atoms with Crippen molar-refractivity contribution in [3.05, 3.63) is 52.9 Å². The van der Waals surface area contributed by atoms with Gasteiger partial charge < -0.3 is 4.57 Å². The molecular formula is C16H14F3N3S2. The molecule has 1 aromatic carbocycles. The highest BCUT2D eigenvalue weighted by atomic mass is 32.2. The molecule has 0 aliphatic rings. The van der Waals surface area contributed by atoms with Crippen LogP contribution in [0.15, 0.2) is 46.9 Å². The minimum absolute atomic E-state index is 0.542. The van der Waals surface area contributed by atoms with E-state index in [-0.39, 0.29) is 0 Å². The summed E-state index contributed by atoms with van der Waals surface area (Å²) in [5, 5.41) is 11.2. The third-order valence-corrected chi connectivity index (χ3v) is 5.33. The summed E-state index contributed by atoms with van der Waals surface area (Å²) in [6, 6.07) is 9.18. The molecule has 0 spiro atoms. The number of hydrogen-bond donors (Lipinski definition) is 0. The lowest BCUT2D eigenvalue weighted by Crippen LogP contribution is -2.04. The number of rotatable bonds is 5. The number of thioether (sulfide) groups is 1. The van der Waals surface area contributed by atoms with Gasteiger partial charge in [0.2, 0.25) is 0 Å². The van der Waals surface area contributed by atoms with Crippen molar-refractivity contribution < 1.29 is 13.2 Å². The molecule has 0 radical (unpaired) electrons. The minimum Gasteiger partial charge on any atom is -0.302 e.